The number of thiophene rings is 1. The smallest absolute Gasteiger partial charge is 0.186 e. The van der Waals surface area contributed by atoms with Crippen LogP contribution in [0.3, 0.4) is 0 Å². The highest BCUT2D eigenvalue weighted by Crippen LogP contribution is 2.55. The summed E-state index contributed by atoms with van der Waals surface area (Å²) in [6, 6.07) is 2.87. The molecule has 0 bridgehead atoms. The van der Waals surface area contributed by atoms with Crippen LogP contribution in [-0.4, -0.2) is 61.7 Å². The number of aromatic nitrogens is 6. The average molecular weight is 545 g/mol. The van der Waals surface area contributed by atoms with E-state index in [2.05, 4.69) is 45.7 Å². The molecule has 0 saturated carbocycles. The van der Waals surface area contributed by atoms with Crippen LogP contribution in [0.25, 0.3) is 22.7 Å². The van der Waals surface area contributed by atoms with E-state index in [0.29, 0.717) is 45.1 Å². The fraction of sp³-hybridized carbons (Fsp3) is 0.556. The zero-order chi connectivity index (χ0) is 26.9. The maximum Gasteiger partial charge on any atom is 0.186 e. The number of anilines is 2. The first-order valence-corrected chi connectivity index (χ1v) is 14.6. The van der Waals surface area contributed by atoms with E-state index in [1.165, 1.54) is 11.3 Å². The standard InChI is InChI=1S/C27H32N10OS/c1-14(17-8-6-12-36(17)3)37-26-21(33-35-37)24(30-2)31-25(32-26)20-15-7-4-10-27(22(15)38-34-20)11-5-9-18-19(27)16(13-28)23(29)39-18/h14,17H,4-12,29H2,1-3H3,(H,30,31,32)/t14-,17-,27-/m0/s1. The second-order valence-electron chi connectivity index (χ2n) is 11.2. The van der Waals surface area contributed by atoms with Crippen molar-refractivity contribution < 1.29 is 4.52 Å². The van der Waals surface area contributed by atoms with Gasteiger partial charge in [0.05, 0.1) is 17.0 Å². The number of nitrogen functional groups attached to an aromatic ring is 1. The maximum absolute atomic E-state index is 10.00. The van der Waals surface area contributed by atoms with Crippen LogP contribution in [0.2, 0.25) is 0 Å². The van der Waals surface area contributed by atoms with Crippen LogP contribution < -0.4 is 11.1 Å². The zero-order valence-electron chi connectivity index (χ0n) is 22.5. The quantitative estimate of drug-likeness (QED) is 0.385. The van der Waals surface area contributed by atoms with Gasteiger partial charge >= 0.3 is 0 Å². The molecule has 3 N–H and O–H groups in total. The normalized spacial score (nSPS) is 23.6. The highest BCUT2D eigenvalue weighted by atomic mass is 32.1. The van der Waals surface area contributed by atoms with Crippen molar-refractivity contribution >= 4 is 33.3 Å². The number of fused-ring (bicyclic) bond motifs is 5. The molecule has 0 radical (unpaired) electrons. The molecule has 2 aliphatic carbocycles. The third kappa shape index (κ3) is 3.45. The molecule has 0 aromatic carbocycles. The number of rotatable bonds is 4. The van der Waals surface area contributed by atoms with Crippen LogP contribution in [0.4, 0.5) is 10.8 Å². The van der Waals surface area contributed by atoms with Gasteiger partial charge in [0.1, 0.15) is 11.1 Å². The van der Waals surface area contributed by atoms with Crippen LogP contribution in [0.15, 0.2) is 4.52 Å². The minimum Gasteiger partial charge on any atom is -0.389 e. The molecule has 39 heavy (non-hydrogen) atoms. The van der Waals surface area contributed by atoms with Gasteiger partial charge in [0, 0.05) is 23.5 Å². The number of hydrogen-bond acceptors (Lipinski definition) is 11. The maximum atomic E-state index is 10.00. The largest absolute Gasteiger partial charge is 0.389 e. The number of likely N-dealkylation sites (tertiary alicyclic amines) is 1. The molecule has 202 valence electrons. The fourth-order valence-corrected chi connectivity index (χ4v) is 8.47. The lowest BCUT2D eigenvalue weighted by atomic mass is 9.63. The molecule has 1 spiro atoms. The molecule has 12 heteroatoms. The van der Waals surface area contributed by atoms with Gasteiger partial charge in [-0.2, -0.15) is 5.26 Å². The predicted molar refractivity (Wildman–Crippen MR) is 149 cm³/mol. The Morgan fingerprint density at radius 2 is 2.05 bits per heavy atom. The lowest BCUT2D eigenvalue weighted by Gasteiger charge is -2.39. The van der Waals surface area contributed by atoms with E-state index >= 15 is 0 Å². The van der Waals surface area contributed by atoms with Crippen molar-refractivity contribution in [2.24, 2.45) is 0 Å². The van der Waals surface area contributed by atoms with Gasteiger partial charge in [0.15, 0.2) is 34.3 Å². The summed E-state index contributed by atoms with van der Waals surface area (Å²) >= 11 is 1.55. The summed E-state index contributed by atoms with van der Waals surface area (Å²) in [5.41, 5.74) is 10.6. The number of aryl methyl sites for hydroxylation is 1. The molecule has 7 rings (SSSR count). The summed E-state index contributed by atoms with van der Waals surface area (Å²) in [4.78, 5) is 13.4. The Hall–Kier alpha value is -3.56. The third-order valence-electron chi connectivity index (χ3n) is 9.15. The van der Waals surface area contributed by atoms with Crippen molar-refractivity contribution in [2.45, 2.75) is 75.8 Å². The number of hydrogen-bond donors (Lipinski definition) is 2. The first-order valence-electron chi connectivity index (χ1n) is 13.8. The highest BCUT2D eigenvalue weighted by molar-refractivity contribution is 7.16. The lowest BCUT2D eigenvalue weighted by molar-refractivity contribution is 0.230. The van der Waals surface area contributed by atoms with Crippen LogP contribution in [0.5, 0.6) is 0 Å². The van der Waals surface area contributed by atoms with E-state index in [0.717, 1.165) is 68.4 Å². The van der Waals surface area contributed by atoms with Crippen molar-refractivity contribution in [3.05, 3.63) is 27.3 Å². The van der Waals surface area contributed by atoms with Crippen LogP contribution >= 0.6 is 11.3 Å². The summed E-state index contributed by atoms with van der Waals surface area (Å²) in [5, 5.41) is 27.3. The van der Waals surface area contributed by atoms with Crippen LogP contribution in [0.1, 0.15) is 78.8 Å². The van der Waals surface area contributed by atoms with Crippen LogP contribution in [0, 0.1) is 11.3 Å². The van der Waals surface area contributed by atoms with E-state index in [9.17, 15) is 5.26 Å². The molecular formula is C27H32N10OS. The average Bonchev–Trinajstić information content (AvgIpc) is 3.72. The number of nitrogens with two attached hydrogens (primary N) is 1. The molecule has 3 aliphatic rings. The van der Waals surface area contributed by atoms with Gasteiger partial charge in [-0.05, 0) is 77.4 Å². The van der Waals surface area contributed by atoms with Crippen molar-refractivity contribution in [1.29, 1.82) is 5.26 Å². The van der Waals surface area contributed by atoms with Gasteiger partial charge in [-0.15, -0.1) is 16.4 Å². The topological polar surface area (TPSA) is 148 Å². The molecule has 0 unspecified atom stereocenters. The van der Waals surface area contributed by atoms with E-state index in [1.807, 2.05) is 11.7 Å². The van der Waals surface area contributed by atoms with Gasteiger partial charge in [0.25, 0.3) is 0 Å². The molecule has 1 aliphatic heterocycles. The summed E-state index contributed by atoms with van der Waals surface area (Å²) in [5.74, 6) is 1.97. The molecule has 1 fully saturated rings. The predicted octanol–water partition coefficient (Wildman–Crippen LogP) is 4.05. The molecular weight excluding hydrogens is 512 g/mol. The van der Waals surface area contributed by atoms with E-state index in [4.69, 9.17) is 20.2 Å². The van der Waals surface area contributed by atoms with E-state index in [-0.39, 0.29) is 11.5 Å². The first-order chi connectivity index (χ1) is 19.0. The molecule has 4 aromatic heterocycles. The summed E-state index contributed by atoms with van der Waals surface area (Å²) in [6.07, 6.45) is 7.89. The fourth-order valence-electron chi connectivity index (χ4n) is 7.31. The minimum absolute atomic E-state index is 0.110. The Morgan fingerprint density at radius 1 is 1.23 bits per heavy atom. The Morgan fingerprint density at radius 3 is 2.79 bits per heavy atom. The first kappa shape index (κ1) is 24.5. The van der Waals surface area contributed by atoms with Gasteiger partial charge in [-0.25, -0.2) is 14.6 Å². The van der Waals surface area contributed by atoms with Gasteiger partial charge in [-0.1, -0.05) is 10.4 Å². The molecule has 3 atom stereocenters. The molecule has 11 nitrogen and oxygen atoms in total. The second kappa shape index (κ2) is 8.99. The van der Waals surface area contributed by atoms with Crippen molar-refractivity contribution in [3.8, 4) is 17.6 Å². The third-order valence-corrected chi connectivity index (χ3v) is 10.2. The van der Waals surface area contributed by atoms with E-state index < -0.39 is 0 Å². The number of nitriles is 1. The Balaban J connectivity index is 1.37. The summed E-state index contributed by atoms with van der Waals surface area (Å²) in [6.45, 7) is 3.27. The Bertz CT molecular complexity index is 1630. The Labute approximate surface area is 230 Å². The highest BCUT2D eigenvalue weighted by Gasteiger charge is 2.49. The van der Waals surface area contributed by atoms with Gasteiger partial charge in [0.2, 0.25) is 0 Å². The number of nitrogens with zero attached hydrogens (tertiary/aromatic N) is 8. The van der Waals surface area contributed by atoms with Gasteiger partial charge < -0.3 is 20.5 Å². The number of nitrogens with one attached hydrogen (secondary N) is 1. The van der Waals surface area contributed by atoms with Crippen molar-refractivity contribution in [3.63, 3.8) is 0 Å². The zero-order valence-corrected chi connectivity index (χ0v) is 23.3. The summed E-state index contributed by atoms with van der Waals surface area (Å²) in [7, 11) is 4.00. The van der Waals surface area contributed by atoms with E-state index in [1.54, 1.807) is 11.3 Å². The lowest BCUT2D eigenvalue weighted by Crippen LogP contribution is -2.35. The molecule has 4 aromatic rings. The Kier molecular flexibility index (Phi) is 5.64. The SMILES string of the molecule is CNc1nc(-c2noc3c2CCC[C@@]32CCCc3sc(N)c(C#N)c32)nc2c1nnn2[C@@H](C)[C@@H]1CCCN1C. The molecule has 5 heterocycles. The monoisotopic (exact) mass is 544 g/mol. The number of likely N-dealkylation sites (N-methyl/N-ethyl adjacent to an activating group) is 1. The van der Waals surface area contributed by atoms with Gasteiger partial charge in [-0.3, -0.25) is 0 Å². The summed E-state index contributed by atoms with van der Waals surface area (Å²) < 4.78 is 8.13. The molecule has 0 amide bonds. The minimum atomic E-state index is -0.383. The van der Waals surface area contributed by atoms with Crippen molar-refractivity contribution in [2.75, 3.05) is 31.7 Å². The molecule has 1 saturated heterocycles. The second-order valence-corrected chi connectivity index (χ2v) is 12.3. The van der Waals surface area contributed by atoms with Crippen LogP contribution in [-0.2, 0) is 18.3 Å². The van der Waals surface area contributed by atoms with Crippen molar-refractivity contribution in [1.82, 2.24) is 35.0 Å².